The van der Waals surface area contributed by atoms with Gasteiger partial charge in [-0.1, -0.05) is 53.3 Å². The summed E-state index contributed by atoms with van der Waals surface area (Å²) in [5, 5.41) is 0. The van der Waals surface area contributed by atoms with Gasteiger partial charge in [-0.2, -0.15) is 0 Å². The molecule has 0 radical (unpaired) electrons. The number of allylic oxidation sites excluding steroid dienone is 1. The van der Waals surface area contributed by atoms with Crippen LogP contribution in [-0.4, -0.2) is 38.0 Å². The third-order valence-corrected chi connectivity index (χ3v) is 8.34. The number of aromatic nitrogens is 1. The minimum absolute atomic E-state index is 0.192. The van der Waals surface area contributed by atoms with E-state index in [1.807, 2.05) is 25.1 Å². The summed E-state index contributed by atoms with van der Waals surface area (Å²) in [5.74, 6) is 1.07. The zero-order chi connectivity index (χ0) is 29.7. The first kappa shape index (κ1) is 30.8. The van der Waals surface area contributed by atoms with Crippen LogP contribution in [0.4, 0.5) is 0 Å². The Kier molecular flexibility index (Phi) is 10.3. The molecule has 2 heterocycles. The van der Waals surface area contributed by atoms with Crippen molar-refractivity contribution in [1.29, 1.82) is 0 Å². The van der Waals surface area contributed by atoms with Crippen molar-refractivity contribution in [3.05, 3.63) is 94.0 Å². The van der Waals surface area contributed by atoms with E-state index in [1.54, 1.807) is 50.0 Å². The number of hydrogen-bond donors (Lipinski definition) is 0. The summed E-state index contributed by atoms with van der Waals surface area (Å²) in [6.07, 6.45) is 4.72. The van der Waals surface area contributed by atoms with E-state index in [1.165, 1.54) is 11.3 Å². The molecule has 1 aromatic heterocycles. The molecule has 0 bridgehead atoms. The van der Waals surface area contributed by atoms with Gasteiger partial charge in [-0.3, -0.25) is 9.36 Å². The van der Waals surface area contributed by atoms with Gasteiger partial charge in [0.15, 0.2) is 16.3 Å². The van der Waals surface area contributed by atoms with Crippen molar-refractivity contribution < 1.29 is 23.7 Å². The van der Waals surface area contributed by atoms with Crippen molar-refractivity contribution in [2.24, 2.45) is 4.99 Å². The topological polar surface area (TPSA) is 88.4 Å². The number of fused-ring (bicyclic) bond motifs is 1. The number of esters is 1. The van der Waals surface area contributed by atoms with Gasteiger partial charge in [0, 0.05) is 10.0 Å². The van der Waals surface area contributed by atoms with Crippen LogP contribution < -0.4 is 29.1 Å². The smallest absolute Gasteiger partial charge is 0.338 e. The van der Waals surface area contributed by atoms with E-state index in [0.717, 1.165) is 16.5 Å². The molecule has 8 nitrogen and oxygen atoms in total. The molecule has 0 N–H and O–H groups in total. The third kappa shape index (κ3) is 6.37. The molecule has 0 saturated carbocycles. The van der Waals surface area contributed by atoms with Crippen LogP contribution in [0.2, 0.25) is 0 Å². The number of methoxy groups -OCH3 is 2. The van der Waals surface area contributed by atoms with E-state index in [4.69, 9.17) is 23.9 Å². The average molecular weight is 706 g/mol. The summed E-state index contributed by atoms with van der Waals surface area (Å²) in [5.41, 5.74) is 2.01. The molecular formula is C30H30Br2N2O6S. The van der Waals surface area contributed by atoms with Crippen molar-refractivity contribution in [3.63, 3.8) is 0 Å². The molecular weight excluding hydrogens is 676 g/mol. The summed E-state index contributed by atoms with van der Waals surface area (Å²) < 4.78 is 25.9. The molecule has 0 amide bonds. The molecule has 1 aliphatic rings. The maximum absolute atomic E-state index is 14.1. The van der Waals surface area contributed by atoms with Gasteiger partial charge in [-0.05, 0) is 71.2 Å². The number of carbonyl (C=O) groups excluding carboxylic acids is 1. The van der Waals surface area contributed by atoms with Crippen LogP contribution in [0.15, 0.2) is 73.0 Å². The Morgan fingerprint density at radius 1 is 1.15 bits per heavy atom. The number of halogens is 2. The molecule has 0 spiro atoms. The van der Waals surface area contributed by atoms with Crippen LogP contribution in [0.25, 0.3) is 6.08 Å². The Bertz CT molecular complexity index is 1690. The second kappa shape index (κ2) is 13.7. The number of ether oxygens (including phenoxy) is 4. The summed E-state index contributed by atoms with van der Waals surface area (Å²) in [6.45, 7) is 7.96. The predicted octanol–water partition coefficient (Wildman–Crippen LogP) is 5.69. The molecule has 1 aliphatic heterocycles. The van der Waals surface area contributed by atoms with Crippen molar-refractivity contribution in [1.82, 2.24) is 4.57 Å². The lowest BCUT2D eigenvalue weighted by molar-refractivity contribution is -0.139. The highest BCUT2D eigenvalue weighted by molar-refractivity contribution is 9.10. The molecule has 0 unspecified atom stereocenters. The Hall–Kier alpha value is -3.15. The molecule has 41 heavy (non-hydrogen) atoms. The van der Waals surface area contributed by atoms with Crippen molar-refractivity contribution in [2.75, 3.05) is 27.4 Å². The van der Waals surface area contributed by atoms with Gasteiger partial charge >= 0.3 is 5.97 Å². The molecule has 0 saturated heterocycles. The van der Waals surface area contributed by atoms with Gasteiger partial charge in [-0.25, -0.2) is 9.79 Å². The highest BCUT2D eigenvalue weighted by Crippen LogP contribution is 2.39. The number of nitrogens with zero attached hydrogens (tertiary/aromatic N) is 2. The minimum atomic E-state index is -0.794. The predicted molar refractivity (Wildman–Crippen MR) is 167 cm³/mol. The molecule has 4 rings (SSSR count). The SMILES string of the molecule is C=CCOc1c(Br)cc(/C=c2/sc3n(c2=O)[C@H](c2cc(Br)ccc2OC)C(C(=O)OCC)=C(CCC)N=3)cc1OC. The first-order valence-corrected chi connectivity index (χ1v) is 15.3. The lowest BCUT2D eigenvalue weighted by atomic mass is 9.93. The van der Waals surface area contributed by atoms with E-state index >= 15 is 0 Å². The fourth-order valence-corrected chi connectivity index (χ4v) is 6.56. The van der Waals surface area contributed by atoms with Gasteiger partial charge in [0.25, 0.3) is 5.56 Å². The fraction of sp³-hybridized carbons (Fsp3) is 0.300. The third-order valence-electron chi connectivity index (χ3n) is 6.27. The van der Waals surface area contributed by atoms with Crippen molar-refractivity contribution in [2.45, 2.75) is 32.7 Å². The zero-order valence-electron chi connectivity index (χ0n) is 23.2. The van der Waals surface area contributed by atoms with Crippen molar-refractivity contribution >= 4 is 55.2 Å². The minimum Gasteiger partial charge on any atom is -0.496 e. The second-order valence-electron chi connectivity index (χ2n) is 8.93. The number of hydrogen-bond acceptors (Lipinski definition) is 8. The molecule has 0 aliphatic carbocycles. The van der Waals surface area contributed by atoms with E-state index in [-0.39, 0.29) is 12.2 Å². The first-order valence-electron chi connectivity index (χ1n) is 12.9. The molecule has 0 fully saturated rings. The maximum Gasteiger partial charge on any atom is 0.338 e. The van der Waals surface area contributed by atoms with E-state index < -0.39 is 12.0 Å². The van der Waals surface area contributed by atoms with Crippen LogP contribution >= 0.6 is 43.2 Å². The summed E-state index contributed by atoms with van der Waals surface area (Å²) >= 11 is 8.35. The van der Waals surface area contributed by atoms with Crippen molar-refractivity contribution in [3.8, 4) is 17.2 Å². The van der Waals surface area contributed by atoms with Crippen LogP contribution in [0, 0.1) is 0 Å². The molecule has 216 valence electrons. The van der Waals surface area contributed by atoms with Gasteiger partial charge < -0.3 is 18.9 Å². The first-order chi connectivity index (χ1) is 19.8. The zero-order valence-corrected chi connectivity index (χ0v) is 27.2. The van der Waals surface area contributed by atoms with Gasteiger partial charge in [-0.15, -0.1) is 0 Å². The van der Waals surface area contributed by atoms with E-state index in [0.29, 0.717) is 60.9 Å². The van der Waals surface area contributed by atoms with E-state index in [2.05, 4.69) is 38.4 Å². The number of thiazole rings is 1. The number of benzene rings is 2. The van der Waals surface area contributed by atoms with Crippen LogP contribution in [0.3, 0.4) is 0 Å². The van der Waals surface area contributed by atoms with E-state index in [9.17, 15) is 9.59 Å². The second-order valence-corrected chi connectivity index (χ2v) is 11.7. The average Bonchev–Trinajstić information content (AvgIpc) is 3.25. The number of rotatable bonds is 11. The molecule has 2 aromatic carbocycles. The molecule has 11 heteroatoms. The fourth-order valence-electron chi connectivity index (χ4n) is 4.59. The Morgan fingerprint density at radius 2 is 1.90 bits per heavy atom. The van der Waals surface area contributed by atoms with Crippen LogP contribution in [0.5, 0.6) is 17.2 Å². The highest BCUT2D eigenvalue weighted by atomic mass is 79.9. The summed E-state index contributed by atoms with van der Waals surface area (Å²) in [4.78, 5) is 32.8. The summed E-state index contributed by atoms with van der Waals surface area (Å²) in [6, 6.07) is 8.36. The highest BCUT2D eigenvalue weighted by Gasteiger charge is 2.36. The lowest BCUT2D eigenvalue weighted by Crippen LogP contribution is -2.40. The Morgan fingerprint density at radius 3 is 2.56 bits per heavy atom. The van der Waals surface area contributed by atoms with Gasteiger partial charge in [0.05, 0.1) is 41.1 Å². The van der Waals surface area contributed by atoms with Crippen LogP contribution in [0.1, 0.15) is 43.9 Å². The lowest BCUT2D eigenvalue weighted by Gasteiger charge is -2.27. The standard InChI is InChI=1S/C30H30Br2N2O6S/c1-6-9-21-25(29(36)39-8-3)26(19-16-18(31)10-11-22(19)37-4)34-28(35)24(41-30(34)33-21)15-17-13-20(32)27(40-12-7-2)23(14-17)38-5/h7,10-11,13-16,26H,2,6,8-9,12H2,1,3-5H3/b24-15+/t26-/m1/s1. The Balaban J connectivity index is 2.00. The maximum atomic E-state index is 14.1. The monoisotopic (exact) mass is 704 g/mol. The van der Waals surface area contributed by atoms with Crippen LogP contribution in [-0.2, 0) is 9.53 Å². The molecule has 3 aromatic rings. The Labute approximate surface area is 258 Å². The van der Waals surface area contributed by atoms with Gasteiger partial charge in [0.2, 0.25) is 0 Å². The quantitative estimate of drug-likeness (QED) is 0.188. The van der Waals surface area contributed by atoms with Gasteiger partial charge in [0.1, 0.15) is 18.4 Å². The normalized spacial score (nSPS) is 14.8. The largest absolute Gasteiger partial charge is 0.496 e. The molecule has 1 atom stereocenters. The summed E-state index contributed by atoms with van der Waals surface area (Å²) in [7, 11) is 3.11. The number of carbonyl (C=O) groups is 1.